The summed E-state index contributed by atoms with van der Waals surface area (Å²) in [7, 11) is 0. The molecule has 0 bridgehead atoms. The SMILES string of the molecule is CCCCCCc1ccccc1OCC(=O)O. The van der Waals surface area contributed by atoms with E-state index in [1.165, 1.54) is 19.3 Å². The van der Waals surface area contributed by atoms with E-state index in [4.69, 9.17) is 9.84 Å². The van der Waals surface area contributed by atoms with Gasteiger partial charge in [-0.1, -0.05) is 44.4 Å². The minimum absolute atomic E-state index is 0.272. The maximum atomic E-state index is 10.5. The summed E-state index contributed by atoms with van der Waals surface area (Å²) in [6.07, 6.45) is 5.76. The second-order valence-electron chi connectivity index (χ2n) is 4.10. The van der Waals surface area contributed by atoms with Crippen molar-refractivity contribution in [2.75, 3.05) is 6.61 Å². The van der Waals surface area contributed by atoms with Gasteiger partial charge in [0.2, 0.25) is 0 Å². The van der Waals surface area contributed by atoms with Crippen LogP contribution in [0, 0.1) is 0 Å². The van der Waals surface area contributed by atoms with E-state index in [0.717, 1.165) is 18.4 Å². The second-order valence-corrected chi connectivity index (χ2v) is 4.10. The molecule has 3 nitrogen and oxygen atoms in total. The van der Waals surface area contributed by atoms with Crippen LogP contribution in [0.15, 0.2) is 24.3 Å². The molecule has 1 aromatic rings. The Bertz CT molecular complexity index is 347. The van der Waals surface area contributed by atoms with Crippen molar-refractivity contribution in [1.82, 2.24) is 0 Å². The van der Waals surface area contributed by atoms with Gasteiger partial charge >= 0.3 is 5.97 Å². The number of carbonyl (C=O) groups is 1. The Balaban J connectivity index is 2.48. The fourth-order valence-corrected chi connectivity index (χ4v) is 1.73. The van der Waals surface area contributed by atoms with Crippen LogP contribution in [0.1, 0.15) is 38.2 Å². The first-order valence-electron chi connectivity index (χ1n) is 6.16. The summed E-state index contributed by atoms with van der Waals surface area (Å²) < 4.78 is 5.26. The van der Waals surface area contributed by atoms with Gasteiger partial charge in [0.15, 0.2) is 6.61 Å². The zero-order valence-corrected chi connectivity index (χ0v) is 10.3. The summed E-state index contributed by atoms with van der Waals surface area (Å²) in [5.41, 5.74) is 1.10. The number of benzene rings is 1. The molecule has 0 saturated carbocycles. The summed E-state index contributed by atoms with van der Waals surface area (Å²) in [5.74, 6) is -0.239. The van der Waals surface area contributed by atoms with Gasteiger partial charge in [-0.2, -0.15) is 0 Å². The number of rotatable bonds is 8. The fraction of sp³-hybridized carbons (Fsp3) is 0.500. The predicted octanol–water partition coefficient (Wildman–Crippen LogP) is 3.27. The molecule has 94 valence electrons. The van der Waals surface area contributed by atoms with Crippen molar-refractivity contribution in [3.05, 3.63) is 29.8 Å². The van der Waals surface area contributed by atoms with Gasteiger partial charge in [-0.15, -0.1) is 0 Å². The highest BCUT2D eigenvalue weighted by atomic mass is 16.5. The Morgan fingerprint density at radius 2 is 2.00 bits per heavy atom. The Morgan fingerprint density at radius 1 is 1.24 bits per heavy atom. The Labute approximate surface area is 102 Å². The van der Waals surface area contributed by atoms with Crippen LogP contribution in [0.5, 0.6) is 5.75 Å². The lowest BCUT2D eigenvalue weighted by Crippen LogP contribution is -2.10. The molecule has 0 unspecified atom stereocenters. The van der Waals surface area contributed by atoms with Crippen LogP contribution in [0.25, 0.3) is 0 Å². The van der Waals surface area contributed by atoms with Crippen molar-refractivity contribution in [1.29, 1.82) is 0 Å². The molecule has 0 aliphatic heterocycles. The Kier molecular flexibility index (Phi) is 6.15. The molecule has 0 atom stereocenters. The lowest BCUT2D eigenvalue weighted by Gasteiger charge is -2.09. The first kappa shape index (κ1) is 13.6. The average Bonchev–Trinajstić information content (AvgIpc) is 2.33. The van der Waals surface area contributed by atoms with E-state index in [1.54, 1.807) is 0 Å². The van der Waals surface area contributed by atoms with Gasteiger partial charge in [0.05, 0.1) is 0 Å². The number of aliphatic carboxylic acids is 1. The first-order chi connectivity index (χ1) is 8.24. The van der Waals surface area contributed by atoms with Gasteiger partial charge in [-0.3, -0.25) is 0 Å². The van der Waals surface area contributed by atoms with E-state index in [9.17, 15) is 4.79 Å². The summed E-state index contributed by atoms with van der Waals surface area (Å²) in [5, 5.41) is 8.59. The molecule has 0 amide bonds. The topological polar surface area (TPSA) is 46.5 Å². The van der Waals surface area contributed by atoms with Gasteiger partial charge in [-0.25, -0.2) is 4.79 Å². The van der Waals surface area contributed by atoms with Crippen molar-refractivity contribution >= 4 is 5.97 Å². The number of para-hydroxylation sites is 1. The monoisotopic (exact) mass is 236 g/mol. The number of hydrogen-bond acceptors (Lipinski definition) is 2. The molecular formula is C14H20O3. The molecule has 0 aliphatic rings. The zero-order chi connectivity index (χ0) is 12.5. The molecule has 1 N–H and O–H groups in total. The van der Waals surface area contributed by atoms with E-state index in [-0.39, 0.29) is 6.61 Å². The van der Waals surface area contributed by atoms with Crippen LogP contribution in [0.4, 0.5) is 0 Å². The van der Waals surface area contributed by atoms with Crippen LogP contribution in [-0.4, -0.2) is 17.7 Å². The van der Waals surface area contributed by atoms with E-state index in [1.807, 2.05) is 24.3 Å². The van der Waals surface area contributed by atoms with Gasteiger partial charge in [0.1, 0.15) is 5.75 Å². The molecule has 0 heterocycles. The van der Waals surface area contributed by atoms with Crippen LogP contribution < -0.4 is 4.74 Å². The summed E-state index contributed by atoms with van der Waals surface area (Å²) in [4.78, 5) is 10.5. The van der Waals surface area contributed by atoms with E-state index in [0.29, 0.717) is 5.75 Å². The zero-order valence-electron chi connectivity index (χ0n) is 10.3. The van der Waals surface area contributed by atoms with Crippen molar-refractivity contribution in [3.8, 4) is 5.75 Å². The molecule has 0 saturated heterocycles. The maximum absolute atomic E-state index is 10.5. The van der Waals surface area contributed by atoms with Crippen molar-refractivity contribution in [2.24, 2.45) is 0 Å². The normalized spacial score (nSPS) is 10.2. The minimum atomic E-state index is -0.939. The highest BCUT2D eigenvalue weighted by Gasteiger charge is 2.04. The van der Waals surface area contributed by atoms with Crippen LogP contribution >= 0.6 is 0 Å². The molecule has 1 rings (SSSR count). The number of carboxylic acid groups (broad SMARTS) is 1. The molecule has 0 aromatic heterocycles. The summed E-state index contributed by atoms with van der Waals surface area (Å²) in [6.45, 7) is 1.91. The smallest absolute Gasteiger partial charge is 0.341 e. The quantitative estimate of drug-likeness (QED) is 0.705. The fourth-order valence-electron chi connectivity index (χ4n) is 1.73. The van der Waals surface area contributed by atoms with E-state index >= 15 is 0 Å². The third-order valence-corrected chi connectivity index (χ3v) is 2.62. The lowest BCUT2D eigenvalue weighted by molar-refractivity contribution is -0.139. The van der Waals surface area contributed by atoms with Gasteiger partial charge < -0.3 is 9.84 Å². The highest BCUT2D eigenvalue weighted by Crippen LogP contribution is 2.20. The number of carboxylic acids is 1. The van der Waals surface area contributed by atoms with Crippen LogP contribution in [-0.2, 0) is 11.2 Å². The number of ether oxygens (including phenoxy) is 1. The number of aryl methyl sites for hydroxylation is 1. The molecule has 0 spiro atoms. The number of unbranched alkanes of at least 4 members (excludes halogenated alkanes) is 3. The molecule has 1 aromatic carbocycles. The second kappa shape index (κ2) is 7.71. The van der Waals surface area contributed by atoms with E-state index in [2.05, 4.69) is 6.92 Å². The third-order valence-electron chi connectivity index (χ3n) is 2.62. The Morgan fingerprint density at radius 3 is 2.71 bits per heavy atom. The molecular weight excluding hydrogens is 216 g/mol. The largest absolute Gasteiger partial charge is 0.482 e. The molecule has 0 aliphatic carbocycles. The van der Waals surface area contributed by atoms with Gasteiger partial charge in [-0.05, 0) is 24.5 Å². The number of hydrogen-bond donors (Lipinski definition) is 1. The standard InChI is InChI=1S/C14H20O3/c1-2-3-4-5-8-12-9-6-7-10-13(12)17-11-14(15)16/h6-7,9-10H,2-5,8,11H2,1H3,(H,15,16). The summed E-state index contributed by atoms with van der Waals surface area (Å²) >= 11 is 0. The lowest BCUT2D eigenvalue weighted by atomic mass is 10.1. The molecule has 0 radical (unpaired) electrons. The predicted molar refractivity (Wildman–Crippen MR) is 67.4 cm³/mol. The van der Waals surface area contributed by atoms with Crippen LogP contribution in [0.2, 0.25) is 0 Å². The molecule has 17 heavy (non-hydrogen) atoms. The minimum Gasteiger partial charge on any atom is -0.482 e. The molecule has 3 heteroatoms. The maximum Gasteiger partial charge on any atom is 0.341 e. The summed E-state index contributed by atoms with van der Waals surface area (Å²) in [6, 6.07) is 7.66. The van der Waals surface area contributed by atoms with Crippen LogP contribution in [0.3, 0.4) is 0 Å². The van der Waals surface area contributed by atoms with Gasteiger partial charge in [0.25, 0.3) is 0 Å². The first-order valence-corrected chi connectivity index (χ1v) is 6.16. The third kappa shape index (κ3) is 5.38. The molecule has 0 fully saturated rings. The van der Waals surface area contributed by atoms with E-state index < -0.39 is 5.97 Å². The highest BCUT2D eigenvalue weighted by molar-refractivity contribution is 5.68. The average molecular weight is 236 g/mol. The van der Waals surface area contributed by atoms with Gasteiger partial charge in [0, 0.05) is 0 Å². The van der Waals surface area contributed by atoms with Crippen molar-refractivity contribution < 1.29 is 14.6 Å². The Hall–Kier alpha value is -1.51. The van der Waals surface area contributed by atoms with Crippen molar-refractivity contribution in [3.63, 3.8) is 0 Å². The van der Waals surface area contributed by atoms with Crippen molar-refractivity contribution in [2.45, 2.75) is 39.0 Å².